The molecule has 0 aliphatic carbocycles. The Balaban J connectivity index is 0.000000619. The number of fused-ring (bicyclic) bond motifs is 2. The quantitative estimate of drug-likeness (QED) is 0.186. The van der Waals surface area contributed by atoms with Gasteiger partial charge >= 0.3 is 0 Å². The Bertz CT molecular complexity index is 1320. The number of hydrogen-bond acceptors (Lipinski definition) is 1. The van der Waals surface area contributed by atoms with Crippen LogP contribution in [0, 0.1) is 27.7 Å². The van der Waals surface area contributed by atoms with Crippen molar-refractivity contribution in [2.75, 3.05) is 0 Å². The maximum atomic E-state index is 10.9. The van der Waals surface area contributed by atoms with Gasteiger partial charge in [-0.05, 0) is 88.3 Å². The van der Waals surface area contributed by atoms with Crippen LogP contribution < -0.4 is 0 Å². The molecule has 0 bridgehead atoms. The van der Waals surface area contributed by atoms with Crippen LogP contribution >= 0.6 is 0 Å². The minimum Gasteiger partial charge on any atom is -0.507 e. The Kier molecular flexibility index (Phi) is 10.6. The van der Waals surface area contributed by atoms with Crippen LogP contribution in [0.15, 0.2) is 42.5 Å². The van der Waals surface area contributed by atoms with Crippen LogP contribution in [0.25, 0.3) is 43.1 Å². The molecule has 0 saturated heterocycles. The average Bonchev–Trinajstić information content (AvgIpc) is 2.86. The van der Waals surface area contributed by atoms with Crippen LogP contribution in [0.5, 0.6) is 5.75 Å². The second-order valence-corrected chi connectivity index (χ2v) is 7.38. The SMILES string of the molecule is CC.CC.CC.CC.Cc1ccc2c3ccc(C)c4c(C)cc(O)c(c5ccc(C)c1c25)c43. The number of benzene rings is 5. The van der Waals surface area contributed by atoms with Gasteiger partial charge in [0.05, 0.1) is 0 Å². The molecule has 0 atom stereocenters. The number of rotatable bonds is 0. The summed E-state index contributed by atoms with van der Waals surface area (Å²) in [5.74, 6) is 0.383. The molecule has 0 radical (unpaired) electrons. The maximum absolute atomic E-state index is 10.9. The van der Waals surface area contributed by atoms with Crippen molar-refractivity contribution in [1.29, 1.82) is 0 Å². The van der Waals surface area contributed by atoms with Crippen molar-refractivity contribution in [2.45, 2.75) is 83.1 Å². The van der Waals surface area contributed by atoms with E-state index in [1.165, 1.54) is 49.0 Å². The summed E-state index contributed by atoms with van der Waals surface area (Å²) in [7, 11) is 0. The Hall–Kier alpha value is -2.80. The van der Waals surface area contributed by atoms with Crippen LogP contribution in [0.2, 0.25) is 0 Å². The molecule has 0 heterocycles. The lowest BCUT2D eigenvalue weighted by Crippen LogP contribution is -1.93. The van der Waals surface area contributed by atoms with Gasteiger partial charge in [-0.3, -0.25) is 0 Å². The van der Waals surface area contributed by atoms with Gasteiger partial charge in [-0.1, -0.05) is 91.8 Å². The minimum absolute atomic E-state index is 0.383. The lowest BCUT2D eigenvalue weighted by Gasteiger charge is -2.19. The van der Waals surface area contributed by atoms with Crippen LogP contribution in [-0.2, 0) is 0 Å². The number of hydrogen-bond donors (Lipinski definition) is 1. The third-order valence-corrected chi connectivity index (χ3v) is 5.80. The van der Waals surface area contributed by atoms with E-state index >= 15 is 0 Å². The molecule has 178 valence electrons. The van der Waals surface area contributed by atoms with E-state index in [4.69, 9.17) is 0 Å². The molecule has 1 nitrogen and oxygen atoms in total. The summed E-state index contributed by atoms with van der Waals surface area (Å²) in [6, 6.07) is 15.2. The summed E-state index contributed by atoms with van der Waals surface area (Å²) in [6.07, 6.45) is 0. The lowest BCUT2D eigenvalue weighted by atomic mass is 9.85. The van der Waals surface area contributed by atoms with Gasteiger partial charge in [0.15, 0.2) is 0 Å². The zero-order valence-corrected chi connectivity index (χ0v) is 23.0. The molecular formula is C32H44O. The van der Waals surface area contributed by atoms with Gasteiger partial charge in [0.2, 0.25) is 0 Å². The van der Waals surface area contributed by atoms with Crippen molar-refractivity contribution in [1.82, 2.24) is 0 Å². The van der Waals surface area contributed by atoms with Crippen LogP contribution in [0.1, 0.15) is 77.6 Å². The Morgan fingerprint density at radius 1 is 0.394 bits per heavy atom. The van der Waals surface area contributed by atoms with Crippen molar-refractivity contribution < 1.29 is 5.11 Å². The van der Waals surface area contributed by atoms with Crippen molar-refractivity contribution >= 4 is 43.1 Å². The zero-order chi connectivity index (χ0) is 25.5. The third kappa shape index (κ3) is 4.64. The Morgan fingerprint density at radius 3 is 1.21 bits per heavy atom. The first-order chi connectivity index (χ1) is 16.0. The maximum Gasteiger partial charge on any atom is 0.124 e. The van der Waals surface area contributed by atoms with E-state index in [9.17, 15) is 5.11 Å². The minimum atomic E-state index is 0.383. The van der Waals surface area contributed by atoms with Gasteiger partial charge in [0, 0.05) is 10.8 Å². The molecule has 0 spiro atoms. The molecule has 0 aromatic heterocycles. The molecule has 0 unspecified atom stereocenters. The first kappa shape index (κ1) is 28.2. The Labute approximate surface area is 201 Å². The van der Waals surface area contributed by atoms with Gasteiger partial charge < -0.3 is 5.11 Å². The largest absolute Gasteiger partial charge is 0.507 e. The molecule has 5 aromatic rings. The van der Waals surface area contributed by atoms with E-state index in [2.05, 4.69) is 64.1 Å². The topological polar surface area (TPSA) is 20.2 Å². The summed E-state index contributed by atoms with van der Waals surface area (Å²) < 4.78 is 0. The number of aromatic hydroxyl groups is 1. The monoisotopic (exact) mass is 444 g/mol. The summed E-state index contributed by atoms with van der Waals surface area (Å²) >= 11 is 0. The standard InChI is InChI=1S/C24H20O.4C2H6/c1-12-5-8-16-17-9-6-14(3)21-15(4)11-19(25)23(24(17)21)18-10-7-13(2)20(12)22(16)18;4*1-2/h5-11,25H,1-4H3;4*1-2H3. The first-order valence-corrected chi connectivity index (χ1v) is 12.8. The smallest absolute Gasteiger partial charge is 0.124 e. The van der Waals surface area contributed by atoms with Crippen molar-refractivity contribution in [3.63, 3.8) is 0 Å². The van der Waals surface area contributed by atoms with Gasteiger partial charge in [-0.15, -0.1) is 0 Å². The number of aryl methyl sites for hydroxylation is 4. The highest BCUT2D eigenvalue weighted by Gasteiger charge is 2.19. The van der Waals surface area contributed by atoms with E-state index in [-0.39, 0.29) is 0 Å². The molecule has 0 aliphatic heterocycles. The Morgan fingerprint density at radius 2 is 0.758 bits per heavy atom. The van der Waals surface area contributed by atoms with Crippen molar-refractivity contribution in [3.05, 3.63) is 64.7 Å². The average molecular weight is 445 g/mol. The fourth-order valence-corrected chi connectivity index (χ4v) is 4.75. The van der Waals surface area contributed by atoms with E-state index in [1.807, 2.05) is 61.5 Å². The predicted octanol–water partition coefficient (Wildman–Crippen LogP) is 10.8. The van der Waals surface area contributed by atoms with Crippen LogP contribution in [-0.4, -0.2) is 5.11 Å². The van der Waals surface area contributed by atoms with Crippen LogP contribution in [0.4, 0.5) is 0 Å². The fraction of sp³-hybridized carbons (Fsp3) is 0.375. The highest BCUT2D eigenvalue weighted by molar-refractivity contribution is 6.35. The molecule has 1 heteroatoms. The second kappa shape index (κ2) is 12.4. The van der Waals surface area contributed by atoms with Gasteiger partial charge in [0.25, 0.3) is 0 Å². The molecular weight excluding hydrogens is 400 g/mol. The van der Waals surface area contributed by atoms with Crippen molar-refractivity contribution in [2.24, 2.45) is 0 Å². The molecule has 0 aliphatic rings. The van der Waals surface area contributed by atoms with E-state index in [1.54, 1.807) is 0 Å². The third-order valence-electron chi connectivity index (χ3n) is 5.80. The van der Waals surface area contributed by atoms with E-state index in [0.717, 1.165) is 16.3 Å². The second-order valence-electron chi connectivity index (χ2n) is 7.38. The lowest BCUT2D eigenvalue weighted by molar-refractivity contribution is 0.482. The molecule has 0 fully saturated rings. The highest BCUT2D eigenvalue weighted by atomic mass is 16.3. The summed E-state index contributed by atoms with van der Waals surface area (Å²) in [5, 5.41) is 20.6. The highest BCUT2D eigenvalue weighted by Crippen LogP contribution is 2.46. The molecule has 5 aromatic carbocycles. The van der Waals surface area contributed by atoms with Gasteiger partial charge in [0.1, 0.15) is 5.75 Å². The number of phenolic OH excluding ortho intramolecular Hbond substituents is 1. The molecule has 5 rings (SSSR count). The van der Waals surface area contributed by atoms with Gasteiger partial charge in [-0.25, -0.2) is 0 Å². The molecule has 0 amide bonds. The predicted molar refractivity (Wildman–Crippen MR) is 154 cm³/mol. The fourth-order valence-electron chi connectivity index (χ4n) is 4.75. The molecule has 0 saturated carbocycles. The van der Waals surface area contributed by atoms with E-state index in [0.29, 0.717) is 5.75 Å². The summed E-state index contributed by atoms with van der Waals surface area (Å²) in [4.78, 5) is 0. The zero-order valence-electron chi connectivity index (χ0n) is 23.0. The summed E-state index contributed by atoms with van der Waals surface area (Å²) in [6.45, 7) is 24.6. The summed E-state index contributed by atoms with van der Waals surface area (Å²) in [5.41, 5.74) is 4.97. The van der Waals surface area contributed by atoms with E-state index < -0.39 is 0 Å². The van der Waals surface area contributed by atoms with Crippen molar-refractivity contribution in [3.8, 4) is 5.75 Å². The molecule has 1 N–H and O–H groups in total. The van der Waals surface area contributed by atoms with Gasteiger partial charge in [-0.2, -0.15) is 0 Å². The normalized spacial score (nSPS) is 9.94. The van der Waals surface area contributed by atoms with Crippen LogP contribution in [0.3, 0.4) is 0 Å². The first-order valence-electron chi connectivity index (χ1n) is 12.8. The molecule has 33 heavy (non-hydrogen) atoms. The number of phenols is 1.